The van der Waals surface area contributed by atoms with Crippen LogP contribution in [0.3, 0.4) is 0 Å². The van der Waals surface area contributed by atoms with E-state index in [1.807, 2.05) is 54.9 Å². The van der Waals surface area contributed by atoms with E-state index in [1.165, 1.54) is 0 Å². The molecule has 1 aliphatic rings. The fourth-order valence-corrected chi connectivity index (χ4v) is 4.33. The Kier molecular flexibility index (Phi) is 4.99. The molecular formula is C24H21N5S. The number of nitrogens with one attached hydrogen (secondary N) is 1. The van der Waals surface area contributed by atoms with Gasteiger partial charge in [-0.15, -0.1) is 0 Å². The smallest absolute Gasteiger partial charge is 0.170 e. The number of nitrogens with zero attached hydrogens (tertiary/aromatic N) is 4. The van der Waals surface area contributed by atoms with E-state index in [4.69, 9.17) is 12.2 Å². The second kappa shape index (κ2) is 8.08. The summed E-state index contributed by atoms with van der Waals surface area (Å²) in [6.45, 7) is 0.626. The van der Waals surface area contributed by atoms with E-state index in [-0.39, 0.29) is 12.1 Å². The lowest BCUT2D eigenvalue weighted by molar-refractivity contribution is 0.299. The van der Waals surface area contributed by atoms with Crippen molar-refractivity contribution >= 4 is 17.3 Å². The molecule has 5 nitrogen and oxygen atoms in total. The SMILES string of the molecule is S=C1N[C@@H](c2ccccn2)[C@H](c2cccn2-c2ccccc2)N1Cc1ccccn1. The first kappa shape index (κ1) is 18.5. The molecule has 4 heterocycles. The van der Waals surface area contributed by atoms with Gasteiger partial charge in [-0.3, -0.25) is 9.97 Å². The second-order valence-electron chi connectivity index (χ2n) is 7.21. The maximum absolute atomic E-state index is 5.78. The zero-order valence-electron chi connectivity index (χ0n) is 16.3. The Hall–Kier alpha value is -3.51. The summed E-state index contributed by atoms with van der Waals surface area (Å²) in [5.41, 5.74) is 4.22. The predicted octanol–water partition coefficient (Wildman–Crippen LogP) is 4.44. The van der Waals surface area contributed by atoms with Crippen LogP contribution in [-0.4, -0.2) is 24.5 Å². The molecule has 0 radical (unpaired) electrons. The summed E-state index contributed by atoms with van der Waals surface area (Å²) < 4.78 is 2.22. The topological polar surface area (TPSA) is 46.0 Å². The average Bonchev–Trinajstić information content (AvgIpc) is 3.40. The highest BCUT2D eigenvalue weighted by atomic mass is 32.1. The van der Waals surface area contributed by atoms with Gasteiger partial charge >= 0.3 is 0 Å². The summed E-state index contributed by atoms with van der Waals surface area (Å²) in [7, 11) is 0. The van der Waals surface area contributed by atoms with Crippen molar-refractivity contribution in [2.24, 2.45) is 0 Å². The minimum atomic E-state index is -0.0558. The van der Waals surface area contributed by atoms with Gasteiger partial charge in [0.05, 0.1) is 30.0 Å². The van der Waals surface area contributed by atoms with Crippen LogP contribution in [0.15, 0.2) is 97.5 Å². The summed E-state index contributed by atoms with van der Waals surface area (Å²) in [4.78, 5) is 11.4. The first-order valence-corrected chi connectivity index (χ1v) is 10.3. The van der Waals surface area contributed by atoms with Crippen molar-refractivity contribution in [3.05, 3.63) is 115 Å². The summed E-state index contributed by atoms with van der Waals surface area (Å²) in [6, 6.07) is 26.5. The zero-order valence-corrected chi connectivity index (χ0v) is 17.1. The van der Waals surface area contributed by atoms with E-state index >= 15 is 0 Å². The average molecular weight is 412 g/mol. The fraction of sp³-hybridized carbons (Fsp3) is 0.125. The normalized spacial score (nSPS) is 18.4. The van der Waals surface area contributed by atoms with Crippen molar-refractivity contribution in [3.8, 4) is 5.69 Å². The van der Waals surface area contributed by atoms with Crippen LogP contribution in [0.5, 0.6) is 0 Å². The fourth-order valence-electron chi connectivity index (χ4n) is 4.02. The van der Waals surface area contributed by atoms with Crippen LogP contribution in [0.1, 0.15) is 29.2 Å². The van der Waals surface area contributed by atoms with Gasteiger partial charge in [-0.05, 0) is 60.7 Å². The molecule has 0 spiro atoms. The Balaban J connectivity index is 1.60. The van der Waals surface area contributed by atoms with Crippen LogP contribution in [0.4, 0.5) is 0 Å². The Bertz CT molecular complexity index is 1130. The molecule has 3 aromatic heterocycles. The number of aromatic nitrogens is 3. The van der Waals surface area contributed by atoms with Gasteiger partial charge in [0, 0.05) is 30.0 Å². The monoisotopic (exact) mass is 411 g/mol. The van der Waals surface area contributed by atoms with Crippen molar-refractivity contribution in [1.82, 2.24) is 24.8 Å². The van der Waals surface area contributed by atoms with Gasteiger partial charge in [0.25, 0.3) is 0 Å². The third kappa shape index (κ3) is 3.46. The molecule has 6 heteroatoms. The number of para-hydroxylation sites is 1. The number of pyridine rings is 2. The van der Waals surface area contributed by atoms with E-state index in [1.54, 1.807) is 0 Å². The van der Waals surface area contributed by atoms with Gasteiger partial charge in [-0.1, -0.05) is 30.3 Å². The molecule has 0 saturated carbocycles. The van der Waals surface area contributed by atoms with Crippen molar-refractivity contribution in [1.29, 1.82) is 0 Å². The maximum Gasteiger partial charge on any atom is 0.170 e. The van der Waals surface area contributed by atoms with Crippen molar-refractivity contribution in [2.45, 2.75) is 18.6 Å². The molecule has 1 N–H and O–H groups in total. The number of rotatable bonds is 5. The molecule has 1 saturated heterocycles. The van der Waals surface area contributed by atoms with Crippen LogP contribution in [0, 0.1) is 0 Å². The third-order valence-corrected chi connectivity index (χ3v) is 5.73. The number of benzene rings is 1. The molecule has 1 fully saturated rings. The molecule has 4 aromatic rings. The van der Waals surface area contributed by atoms with Crippen molar-refractivity contribution in [3.63, 3.8) is 0 Å². The van der Waals surface area contributed by atoms with Crippen molar-refractivity contribution in [2.75, 3.05) is 0 Å². The lowest BCUT2D eigenvalue weighted by Crippen LogP contribution is -2.30. The van der Waals surface area contributed by atoms with Crippen molar-refractivity contribution < 1.29 is 0 Å². The van der Waals surface area contributed by atoms with Gasteiger partial charge in [-0.25, -0.2) is 0 Å². The highest BCUT2D eigenvalue weighted by Gasteiger charge is 2.41. The van der Waals surface area contributed by atoms with Gasteiger partial charge in [0.15, 0.2) is 5.11 Å². The Labute approximate surface area is 181 Å². The van der Waals surface area contributed by atoms with Gasteiger partial charge in [0.2, 0.25) is 0 Å². The van der Waals surface area contributed by atoms with Crippen LogP contribution in [0.25, 0.3) is 5.69 Å². The maximum atomic E-state index is 5.78. The molecule has 2 atom stereocenters. The molecule has 1 aromatic carbocycles. The molecular weight excluding hydrogens is 390 g/mol. The molecule has 148 valence electrons. The molecule has 0 unspecified atom stereocenters. The summed E-state index contributed by atoms with van der Waals surface area (Å²) in [5, 5.41) is 4.22. The van der Waals surface area contributed by atoms with Crippen LogP contribution < -0.4 is 5.32 Å². The minimum Gasteiger partial charge on any atom is -0.352 e. The molecule has 0 aliphatic carbocycles. The van der Waals surface area contributed by atoms with E-state index in [2.05, 4.69) is 67.3 Å². The minimum absolute atomic E-state index is 0.0235. The van der Waals surface area contributed by atoms with Gasteiger partial charge in [-0.2, -0.15) is 0 Å². The number of thiocarbonyl (C=S) groups is 1. The molecule has 5 rings (SSSR count). The molecule has 1 aliphatic heterocycles. The van der Waals surface area contributed by atoms with Crippen LogP contribution in [0.2, 0.25) is 0 Å². The third-order valence-electron chi connectivity index (χ3n) is 5.37. The lowest BCUT2D eigenvalue weighted by Gasteiger charge is -2.28. The summed E-state index contributed by atoms with van der Waals surface area (Å²) in [5.74, 6) is 0. The summed E-state index contributed by atoms with van der Waals surface area (Å²) >= 11 is 5.78. The van der Waals surface area contributed by atoms with Gasteiger partial charge < -0.3 is 14.8 Å². The van der Waals surface area contributed by atoms with E-state index in [0.29, 0.717) is 11.7 Å². The first-order valence-electron chi connectivity index (χ1n) is 9.92. The standard InChI is InChI=1S/C24H21N5S/c30-24-27-22(20-12-5-7-15-26-20)23(29(24)17-18-9-4-6-14-25-18)21-13-8-16-28(21)19-10-2-1-3-11-19/h1-16,22-23H,17H2,(H,27,30)/t22-,23-/m0/s1. The highest BCUT2D eigenvalue weighted by molar-refractivity contribution is 7.80. The Morgan fingerprint density at radius 2 is 1.60 bits per heavy atom. The lowest BCUT2D eigenvalue weighted by atomic mass is 10.0. The summed E-state index contributed by atoms with van der Waals surface area (Å²) in [6.07, 6.45) is 5.75. The quantitative estimate of drug-likeness (QED) is 0.492. The molecule has 30 heavy (non-hydrogen) atoms. The predicted molar refractivity (Wildman–Crippen MR) is 121 cm³/mol. The Morgan fingerprint density at radius 1 is 0.833 bits per heavy atom. The zero-order chi connectivity index (χ0) is 20.3. The van der Waals surface area contributed by atoms with E-state index in [9.17, 15) is 0 Å². The molecule has 0 amide bonds. The first-order chi connectivity index (χ1) is 14.8. The second-order valence-corrected chi connectivity index (χ2v) is 7.60. The number of hydrogen-bond donors (Lipinski definition) is 1. The largest absolute Gasteiger partial charge is 0.352 e. The van der Waals surface area contributed by atoms with E-state index < -0.39 is 0 Å². The van der Waals surface area contributed by atoms with Crippen LogP contribution in [-0.2, 0) is 6.54 Å². The number of hydrogen-bond acceptors (Lipinski definition) is 3. The van der Waals surface area contributed by atoms with Gasteiger partial charge in [0.1, 0.15) is 0 Å². The van der Waals surface area contributed by atoms with E-state index in [0.717, 1.165) is 22.8 Å². The highest BCUT2D eigenvalue weighted by Crippen LogP contribution is 2.40. The molecule has 0 bridgehead atoms. The van der Waals surface area contributed by atoms with Crippen LogP contribution >= 0.6 is 12.2 Å². The Morgan fingerprint density at radius 3 is 2.33 bits per heavy atom.